The summed E-state index contributed by atoms with van der Waals surface area (Å²) in [5, 5.41) is 0. The van der Waals surface area contributed by atoms with Gasteiger partial charge < -0.3 is 15.2 Å². The zero-order chi connectivity index (χ0) is 21.4. The van der Waals surface area contributed by atoms with Crippen LogP contribution in [0.1, 0.15) is 49.3 Å². The van der Waals surface area contributed by atoms with Crippen molar-refractivity contribution in [3.63, 3.8) is 0 Å². The minimum atomic E-state index is 0.621. The number of hydrogen-bond acceptors (Lipinski definition) is 4. The van der Waals surface area contributed by atoms with E-state index in [2.05, 4.69) is 52.4 Å². The predicted octanol–water partition coefficient (Wildman–Crippen LogP) is 5.04. The van der Waals surface area contributed by atoms with Crippen LogP contribution in [0.4, 0.5) is 11.4 Å². The molecule has 162 valence electrons. The molecule has 1 aromatic heterocycles. The van der Waals surface area contributed by atoms with Crippen LogP contribution in [0.2, 0.25) is 0 Å². The Hall–Kier alpha value is -2.66. The Balaban J connectivity index is 1.70. The summed E-state index contributed by atoms with van der Waals surface area (Å²) in [5.74, 6) is 1.07. The molecule has 5 nitrogen and oxygen atoms in total. The minimum Gasteiger partial charge on any atom is -0.371 e. The number of aryl methyl sites for hydroxylation is 3. The lowest BCUT2D eigenvalue weighted by Crippen LogP contribution is -2.17. The number of aromatic nitrogens is 2. The third-order valence-corrected chi connectivity index (χ3v) is 6.98. The smallest absolute Gasteiger partial charge is 0.141 e. The van der Waals surface area contributed by atoms with Gasteiger partial charge in [-0.25, -0.2) is 4.98 Å². The largest absolute Gasteiger partial charge is 0.371 e. The molecule has 0 spiro atoms. The zero-order valence-electron chi connectivity index (χ0n) is 18.7. The Labute approximate surface area is 185 Å². The summed E-state index contributed by atoms with van der Waals surface area (Å²) in [4.78, 5) is 12.1. The summed E-state index contributed by atoms with van der Waals surface area (Å²) in [6, 6.07) is 9.20. The van der Waals surface area contributed by atoms with Crippen molar-refractivity contribution in [1.29, 1.82) is 0 Å². The Morgan fingerprint density at radius 1 is 1.06 bits per heavy atom. The first-order chi connectivity index (χ1) is 15.2. The number of anilines is 1. The molecule has 0 bridgehead atoms. The predicted molar refractivity (Wildman–Crippen MR) is 131 cm³/mol. The van der Waals surface area contributed by atoms with Crippen molar-refractivity contribution in [1.82, 2.24) is 9.55 Å². The first kappa shape index (κ1) is 20.3. The fraction of sp³-hybridized carbons (Fsp3) is 0.462. The average Bonchev–Trinajstić information content (AvgIpc) is 3.40. The fourth-order valence-corrected chi connectivity index (χ4v) is 5.44. The molecule has 31 heavy (non-hydrogen) atoms. The van der Waals surface area contributed by atoms with Crippen molar-refractivity contribution in [3.05, 3.63) is 41.0 Å². The number of aliphatic imine (C=N–C) groups is 1. The topological polar surface area (TPSA) is 59.4 Å². The van der Waals surface area contributed by atoms with Crippen LogP contribution in [-0.4, -0.2) is 35.9 Å². The van der Waals surface area contributed by atoms with Crippen molar-refractivity contribution in [3.8, 4) is 11.4 Å². The van der Waals surface area contributed by atoms with Gasteiger partial charge in [-0.3, -0.25) is 4.99 Å². The monoisotopic (exact) mass is 415 g/mol. The van der Waals surface area contributed by atoms with Gasteiger partial charge in [-0.15, -0.1) is 0 Å². The first-order valence-electron chi connectivity index (χ1n) is 11.8. The third kappa shape index (κ3) is 3.55. The van der Waals surface area contributed by atoms with Crippen molar-refractivity contribution < 1.29 is 0 Å². The van der Waals surface area contributed by atoms with Gasteiger partial charge in [-0.2, -0.15) is 0 Å². The van der Waals surface area contributed by atoms with E-state index in [1.807, 2.05) is 0 Å². The Morgan fingerprint density at radius 3 is 2.61 bits per heavy atom. The number of imidazole rings is 1. The quantitative estimate of drug-likeness (QED) is 0.574. The molecule has 0 saturated carbocycles. The maximum Gasteiger partial charge on any atom is 0.141 e. The molecule has 0 atom stereocenters. The molecule has 2 aromatic carbocycles. The maximum absolute atomic E-state index is 5.88. The van der Waals surface area contributed by atoms with E-state index in [1.165, 1.54) is 53.6 Å². The van der Waals surface area contributed by atoms with E-state index in [9.17, 15) is 0 Å². The average molecular weight is 416 g/mol. The molecule has 0 aliphatic carbocycles. The third-order valence-electron chi connectivity index (χ3n) is 6.98. The molecule has 5 rings (SSSR count). The van der Waals surface area contributed by atoms with Gasteiger partial charge >= 0.3 is 0 Å². The Kier molecular flexibility index (Phi) is 5.53. The lowest BCUT2D eigenvalue weighted by atomic mass is 9.97. The highest BCUT2D eigenvalue weighted by molar-refractivity contribution is 5.88. The van der Waals surface area contributed by atoms with Gasteiger partial charge in [0.25, 0.3) is 0 Å². The van der Waals surface area contributed by atoms with Crippen molar-refractivity contribution >= 4 is 29.1 Å². The van der Waals surface area contributed by atoms with Crippen LogP contribution in [0.25, 0.3) is 22.4 Å². The molecule has 1 fully saturated rings. The molecule has 2 aliphatic heterocycles. The highest BCUT2D eigenvalue weighted by Gasteiger charge is 2.22. The van der Waals surface area contributed by atoms with Crippen LogP contribution >= 0.6 is 0 Å². The molecular formula is C26H33N5. The molecule has 2 N–H and O–H groups in total. The standard InChI is InChI=1S/C26H33N5/c1-3-18-14-20(16-23(28-2)22(18)9-10-27)26-29-24-17-21(30-11-6-7-12-30)15-19-8-4-5-13-31(26)25(19)24/h14-17H,2-13,27H2,1H3. The SMILES string of the molecule is C=Nc1cc(-c2nc3cc(N4CCCC4)cc4c3n2CCCC4)cc(CC)c1CCN. The summed E-state index contributed by atoms with van der Waals surface area (Å²) in [5.41, 5.74) is 15.8. The first-order valence-corrected chi connectivity index (χ1v) is 11.8. The van der Waals surface area contributed by atoms with Crippen LogP contribution in [0.5, 0.6) is 0 Å². The molecule has 3 heterocycles. The van der Waals surface area contributed by atoms with E-state index < -0.39 is 0 Å². The number of hydrogen-bond donors (Lipinski definition) is 1. The maximum atomic E-state index is 5.88. The lowest BCUT2D eigenvalue weighted by molar-refractivity contribution is 0.645. The van der Waals surface area contributed by atoms with Crippen molar-refractivity contribution in [2.24, 2.45) is 10.7 Å². The van der Waals surface area contributed by atoms with E-state index in [0.717, 1.165) is 61.5 Å². The van der Waals surface area contributed by atoms with Crippen LogP contribution in [0.15, 0.2) is 29.3 Å². The lowest BCUT2D eigenvalue weighted by Gasteiger charge is -2.19. The van der Waals surface area contributed by atoms with E-state index in [1.54, 1.807) is 0 Å². The molecule has 2 aliphatic rings. The summed E-state index contributed by atoms with van der Waals surface area (Å²) < 4.78 is 2.45. The second-order valence-corrected chi connectivity index (χ2v) is 8.89. The summed E-state index contributed by atoms with van der Waals surface area (Å²) in [7, 11) is 0. The van der Waals surface area contributed by atoms with Crippen LogP contribution < -0.4 is 10.6 Å². The summed E-state index contributed by atoms with van der Waals surface area (Å²) in [6.07, 6.45) is 7.92. The van der Waals surface area contributed by atoms with Gasteiger partial charge in [-0.05, 0) is 99.2 Å². The van der Waals surface area contributed by atoms with Gasteiger partial charge in [0.05, 0.1) is 16.7 Å². The molecule has 0 amide bonds. The van der Waals surface area contributed by atoms with Crippen molar-refractivity contribution in [2.45, 2.75) is 58.4 Å². The second-order valence-electron chi connectivity index (χ2n) is 8.89. The molecular weight excluding hydrogens is 382 g/mol. The van der Waals surface area contributed by atoms with E-state index in [-0.39, 0.29) is 0 Å². The summed E-state index contributed by atoms with van der Waals surface area (Å²) in [6.45, 7) is 10.0. The second kappa shape index (κ2) is 8.46. The normalized spacial score (nSPS) is 16.1. The number of rotatable bonds is 6. The highest BCUT2D eigenvalue weighted by atomic mass is 15.1. The van der Waals surface area contributed by atoms with E-state index in [4.69, 9.17) is 10.7 Å². The number of nitrogens with two attached hydrogens (primary N) is 1. The van der Waals surface area contributed by atoms with Gasteiger partial charge in [0, 0.05) is 30.9 Å². The zero-order valence-corrected chi connectivity index (χ0v) is 18.7. The molecule has 0 unspecified atom stereocenters. The van der Waals surface area contributed by atoms with Crippen LogP contribution in [0, 0.1) is 0 Å². The van der Waals surface area contributed by atoms with Gasteiger partial charge in [0.2, 0.25) is 0 Å². The van der Waals surface area contributed by atoms with Crippen LogP contribution in [0.3, 0.4) is 0 Å². The number of benzene rings is 2. The van der Waals surface area contributed by atoms with Gasteiger partial charge in [0.1, 0.15) is 5.82 Å². The van der Waals surface area contributed by atoms with E-state index in [0.29, 0.717) is 6.54 Å². The Morgan fingerprint density at radius 2 is 1.87 bits per heavy atom. The Bertz CT molecular complexity index is 1120. The fourth-order valence-electron chi connectivity index (χ4n) is 5.44. The van der Waals surface area contributed by atoms with Gasteiger partial charge in [-0.1, -0.05) is 6.92 Å². The minimum absolute atomic E-state index is 0.621. The molecule has 1 saturated heterocycles. The van der Waals surface area contributed by atoms with Crippen LogP contribution in [-0.2, 0) is 25.8 Å². The van der Waals surface area contributed by atoms with Gasteiger partial charge in [0.15, 0.2) is 0 Å². The van der Waals surface area contributed by atoms with E-state index >= 15 is 0 Å². The molecule has 3 aromatic rings. The molecule has 0 radical (unpaired) electrons. The molecule has 5 heteroatoms. The highest BCUT2D eigenvalue weighted by Crippen LogP contribution is 2.37. The summed E-state index contributed by atoms with van der Waals surface area (Å²) >= 11 is 0. The number of nitrogens with zero attached hydrogens (tertiary/aromatic N) is 4. The van der Waals surface area contributed by atoms with Crippen molar-refractivity contribution in [2.75, 3.05) is 24.5 Å².